The molecule has 0 saturated heterocycles. The zero-order valence-corrected chi connectivity index (χ0v) is 12.7. The van der Waals surface area contributed by atoms with Gasteiger partial charge in [-0.1, -0.05) is 28.1 Å². The van der Waals surface area contributed by atoms with E-state index in [1.165, 1.54) is 0 Å². The van der Waals surface area contributed by atoms with Gasteiger partial charge in [0.25, 0.3) is 0 Å². The van der Waals surface area contributed by atoms with E-state index < -0.39 is 6.10 Å². The van der Waals surface area contributed by atoms with Crippen molar-refractivity contribution in [2.75, 3.05) is 0 Å². The summed E-state index contributed by atoms with van der Waals surface area (Å²) in [5.41, 5.74) is 2.67. The number of hydrogen-bond acceptors (Lipinski definition) is 2. The van der Waals surface area contributed by atoms with Crippen LogP contribution in [0.3, 0.4) is 0 Å². The van der Waals surface area contributed by atoms with E-state index in [4.69, 9.17) is 0 Å². The minimum absolute atomic E-state index is 0.686. The molecule has 1 aromatic heterocycles. The monoisotopic (exact) mass is 358 g/mol. The maximum absolute atomic E-state index is 10.4. The first-order valence-electron chi connectivity index (χ1n) is 5.13. The van der Waals surface area contributed by atoms with Crippen molar-refractivity contribution in [1.82, 2.24) is 9.78 Å². The van der Waals surface area contributed by atoms with Crippen molar-refractivity contribution in [3.8, 4) is 0 Å². The van der Waals surface area contributed by atoms with Crippen LogP contribution in [0.5, 0.6) is 0 Å². The van der Waals surface area contributed by atoms with Crippen molar-refractivity contribution in [3.05, 3.63) is 50.2 Å². The zero-order valence-electron chi connectivity index (χ0n) is 9.48. The SMILES string of the molecule is Cc1c(Br)cccc1C(O)c1c(Br)cnn1C. The van der Waals surface area contributed by atoms with Crippen molar-refractivity contribution in [1.29, 1.82) is 0 Å². The van der Waals surface area contributed by atoms with Crippen LogP contribution >= 0.6 is 31.9 Å². The second-order valence-corrected chi connectivity index (χ2v) is 5.57. The highest BCUT2D eigenvalue weighted by Crippen LogP contribution is 2.32. The fourth-order valence-electron chi connectivity index (χ4n) is 1.80. The van der Waals surface area contributed by atoms with E-state index in [1.807, 2.05) is 32.2 Å². The molecule has 0 amide bonds. The quantitative estimate of drug-likeness (QED) is 0.892. The van der Waals surface area contributed by atoms with E-state index in [9.17, 15) is 5.11 Å². The van der Waals surface area contributed by atoms with Crippen LogP contribution in [0, 0.1) is 6.92 Å². The smallest absolute Gasteiger partial charge is 0.122 e. The molecule has 0 aliphatic carbocycles. The second-order valence-electron chi connectivity index (χ2n) is 3.86. The molecule has 17 heavy (non-hydrogen) atoms. The summed E-state index contributed by atoms with van der Waals surface area (Å²) in [6.07, 6.45) is 1.00. The number of aliphatic hydroxyl groups excluding tert-OH is 1. The first kappa shape index (κ1) is 12.8. The molecule has 2 rings (SSSR count). The average Bonchev–Trinajstić information content (AvgIpc) is 2.62. The van der Waals surface area contributed by atoms with Crippen LogP contribution in [0.2, 0.25) is 0 Å². The molecule has 0 bridgehead atoms. The van der Waals surface area contributed by atoms with Gasteiger partial charge >= 0.3 is 0 Å². The van der Waals surface area contributed by atoms with E-state index in [0.29, 0.717) is 0 Å². The van der Waals surface area contributed by atoms with E-state index in [2.05, 4.69) is 37.0 Å². The number of benzene rings is 1. The molecule has 2 aromatic rings. The summed E-state index contributed by atoms with van der Waals surface area (Å²) in [6.45, 7) is 1.98. The number of nitrogens with zero attached hydrogens (tertiary/aromatic N) is 2. The molecule has 0 aliphatic heterocycles. The van der Waals surface area contributed by atoms with Gasteiger partial charge in [0.1, 0.15) is 6.10 Å². The van der Waals surface area contributed by atoms with Gasteiger partial charge in [-0.3, -0.25) is 4.68 Å². The van der Waals surface area contributed by atoms with Gasteiger partial charge < -0.3 is 5.11 Å². The van der Waals surface area contributed by atoms with Crippen LogP contribution in [-0.4, -0.2) is 14.9 Å². The van der Waals surface area contributed by atoms with Gasteiger partial charge in [0, 0.05) is 11.5 Å². The molecule has 1 N–H and O–H groups in total. The third-order valence-electron chi connectivity index (χ3n) is 2.80. The van der Waals surface area contributed by atoms with Crippen LogP contribution < -0.4 is 0 Å². The molecular weight excluding hydrogens is 348 g/mol. The summed E-state index contributed by atoms with van der Waals surface area (Å²) in [5.74, 6) is 0. The van der Waals surface area contributed by atoms with Gasteiger partial charge in [-0.25, -0.2) is 0 Å². The van der Waals surface area contributed by atoms with E-state index in [0.717, 1.165) is 25.8 Å². The van der Waals surface area contributed by atoms with Gasteiger partial charge in [0.2, 0.25) is 0 Å². The van der Waals surface area contributed by atoms with Crippen LogP contribution in [0.15, 0.2) is 33.3 Å². The van der Waals surface area contributed by atoms with Crippen molar-refractivity contribution >= 4 is 31.9 Å². The molecular formula is C12H12Br2N2O. The summed E-state index contributed by atoms with van der Waals surface area (Å²) in [5, 5.41) is 14.5. The number of hydrogen-bond donors (Lipinski definition) is 1. The lowest BCUT2D eigenvalue weighted by molar-refractivity contribution is 0.208. The Kier molecular flexibility index (Phi) is 3.70. The number of rotatable bonds is 2. The van der Waals surface area contributed by atoms with Gasteiger partial charge in [-0.15, -0.1) is 0 Å². The first-order valence-corrected chi connectivity index (χ1v) is 6.71. The molecule has 3 nitrogen and oxygen atoms in total. The summed E-state index contributed by atoms with van der Waals surface area (Å²) in [6, 6.07) is 5.80. The minimum atomic E-state index is -0.686. The molecule has 90 valence electrons. The highest BCUT2D eigenvalue weighted by atomic mass is 79.9. The van der Waals surface area contributed by atoms with Crippen molar-refractivity contribution < 1.29 is 5.11 Å². The molecule has 0 aliphatic rings. The van der Waals surface area contributed by atoms with Gasteiger partial charge in [0.15, 0.2) is 0 Å². The van der Waals surface area contributed by atoms with Gasteiger partial charge in [0.05, 0.1) is 16.4 Å². The lowest BCUT2D eigenvalue weighted by atomic mass is 10.0. The fourth-order valence-corrected chi connectivity index (χ4v) is 2.74. The third kappa shape index (κ3) is 2.32. The van der Waals surface area contributed by atoms with Crippen LogP contribution in [0.4, 0.5) is 0 Å². The molecule has 0 saturated carbocycles. The topological polar surface area (TPSA) is 38.1 Å². The molecule has 1 heterocycles. The Morgan fingerprint density at radius 1 is 1.29 bits per heavy atom. The van der Waals surface area contributed by atoms with Crippen molar-refractivity contribution in [2.45, 2.75) is 13.0 Å². The maximum Gasteiger partial charge on any atom is 0.122 e. The highest BCUT2D eigenvalue weighted by molar-refractivity contribution is 9.10. The number of halogens is 2. The molecule has 1 aromatic carbocycles. The van der Waals surface area contributed by atoms with E-state index >= 15 is 0 Å². The lowest BCUT2D eigenvalue weighted by Crippen LogP contribution is -2.08. The van der Waals surface area contributed by atoms with Crippen LogP contribution in [-0.2, 0) is 7.05 Å². The Bertz CT molecular complexity index is 532. The maximum atomic E-state index is 10.4. The highest BCUT2D eigenvalue weighted by Gasteiger charge is 2.20. The Morgan fingerprint density at radius 3 is 2.59 bits per heavy atom. The molecule has 1 atom stereocenters. The van der Waals surface area contributed by atoms with Crippen LogP contribution in [0.1, 0.15) is 22.9 Å². The summed E-state index contributed by atoms with van der Waals surface area (Å²) in [7, 11) is 1.82. The lowest BCUT2D eigenvalue weighted by Gasteiger charge is -2.15. The van der Waals surface area contributed by atoms with Gasteiger partial charge in [-0.2, -0.15) is 5.10 Å². The molecule has 0 radical (unpaired) electrons. The zero-order chi connectivity index (χ0) is 12.6. The third-order valence-corrected chi connectivity index (χ3v) is 4.27. The average molecular weight is 360 g/mol. The Balaban J connectivity index is 2.51. The fraction of sp³-hybridized carbons (Fsp3) is 0.250. The Labute approximate surface area is 117 Å². The Hall–Kier alpha value is -0.650. The summed E-state index contributed by atoms with van der Waals surface area (Å²) in [4.78, 5) is 0. The predicted molar refractivity (Wildman–Crippen MR) is 73.8 cm³/mol. The number of aromatic nitrogens is 2. The van der Waals surface area contributed by atoms with Crippen LogP contribution in [0.25, 0.3) is 0 Å². The molecule has 0 spiro atoms. The molecule has 5 heteroatoms. The minimum Gasteiger partial charge on any atom is -0.382 e. The Morgan fingerprint density at radius 2 is 2.00 bits per heavy atom. The van der Waals surface area contributed by atoms with E-state index in [1.54, 1.807) is 10.9 Å². The largest absolute Gasteiger partial charge is 0.382 e. The van der Waals surface area contributed by atoms with Crippen molar-refractivity contribution in [3.63, 3.8) is 0 Å². The predicted octanol–water partition coefficient (Wildman–Crippen LogP) is 3.34. The number of aryl methyl sites for hydroxylation is 1. The van der Waals surface area contributed by atoms with Crippen molar-refractivity contribution in [2.24, 2.45) is 7.05 Å². The molecule has 0 fully saturated rings. The summed E-state index contributed by atoms with van der Waals surface area (Å²) < 4.78 is 3.48. The first-order chi connectivity index (χ1) is 8.02. The normalized spacial score (nSPS) is 12.8. The second kappa shape index (κ2) is 4.92. The van der Waals surface area contributed by atoms with Gasteiger partial charge in [-0.05, 0) is 40.0 Å². The molecule has 1 unspecified atom stereocenters. The standard InChI is InChI=1S/C12H12Br2N2O/c1-7-8(4-3-5-9(7)13)12(17)11-10(14)6-15-16(11)2/h3-6,12,17H,1-2H3. The summed E-state index contributed by atoms with van der Waals surface area (Å²) >= 11 is 6.87. The number of aliphatic hydroxyl groups is 1. The van der Waals surface area contributed by atoms with E-state index in [-0.39, 0.29) is 0 Å².